The topological polar surface area (TPSA) is 35.8 Å². The Labute approximate surface area is 119 Å². The maximum absolute atomic E-state index is 8.60. The van der Waals surface area contributed by atoms with Gasteiger partial charge in [0.05, 0.1) is 12.5 Å². The highest BCUT2D eigenvalue weighted by atomic mass is 79.9. The second-order valence-electron chi connectivity index (χ2n) is 4.00. The van der Waals surface area contributed by atoms with Gasteiger partial charge in [0.15, 0.2) is 0 Å². The Balaban J connectivity index is 1.96. The molecule has 1 aromatic heterocycles. The molecule has 0 aliphatic rings. The minimum Gasteiger partial charge on any atom is -0.380 e. The van der Waals surface area contributed by atoms with Crippen LogP contribution in [0.5, 0.6) is 0 Å². The van der Waals surface area contributed by atoms with Gasteiger partial charge < -0.3 is 5.32 Å². The summed E-state index contributed by atoms with van der Waals surface area (Å²) in [5.74, 6) is 0. The molecule has 2 rings (SSSR count). The Bertz CT molecular complexity index is 547. The van der Waals surface area contributed by atoms with Gasteiger partial charge in [0.2, 0.25) is 0 Å². The molecule has 0 unspecified atom stereocenters. The molecule has 2 nitrogen and oxygen atoms in total. The maximum atomic E-state index is 8.60. The first-order valence-electron chi connectivity index (χ1n) is 5.63. The van der Waals surface area contributed by atoms with Gasteiger partial charge >= 0.3 is 0 Å². The van der Waals surface area contributed by atoms with E-state index in [1.807, 2.05) is 24.3 Å². The summed E-state index contributed by atoms with van der Waals surface area (Å²) in [5.41, 5.74) is 2.14. The molecule has 0 fully saturated rings. The Morgan fingerprint density at radius 3 is 2.61 bits per heavy atom. The van der Waals surface area contributed by atoms with Crippen molar-refractivity contribution in [2.75, 3.05) is 5.32 Å². The fraction of sp³-hybridized carbons (Fsp3) is 0.214. The second-order valence-corrected chi connectivity index (χ2v) is 6.20. The van der Waals surface area contributed by atoms with Gasteiger partial charge in [-0.3, -0.25) is 0 Å². The monoisotopic (exact) mass is 320 g/mol. The van der Waals surface area contributed by atoms with Crippen molar-refractivity contribution in [2.24, 2.45) is 0 Å². The normalized spacial score (nSPS) is 10.1. The Hall–Kier alpha value is -1.31. The van der Waals surface area contributed by atoms with Gasteiger partial charge in [0.25, 0.3) is 0 Å². The van der Waals surface area contributed by atoms with Crippen LogP contribution in [0.3, 0.4) is 0 Å². The summed E-state index contributed by atoms with van der Waals surface area (Å²) < 4.78 is 1.17. The molecule has 2 aromatic rings. The molecule has 1 aromatic carbocycles. The van der Waals surface area contributed by atoms with Crippen molar-refractivity contribution in [3.05, 3.63) is 50.1 Å². The van der Waals surface area contributed by atoms with E-state index in [0.29, 0.717) is 6.42 Å². The van der Waals surface area contributed by atoms with E-state index in [1.165, 1.54) is 14.2 Å². The van der Waals surface area contributed by atoms with E-state index < -0.39 is 0 Å². The number of rotatable bonds is 4. The smallest absolute Gasteiger partial charge is 0.0669 e. The van der Waals surface area contributed by atoms with Crippen molar-refractivity contribution in [1.29, 1.82) is 5.26 Å². The highest BCUT2D eigenvalue weighted by Crippen LogP contribution is 2.26. The molecule has 0 saturated heterocycles. The first-order valence-corrected chi connectivity index (χ1v) is 7.24. The number of thiophene rings is 1. The maximum Gasteiger partial charge on any atom is 0.0669 e. The number of halogens is 1. The van der Waals surface area contributed by atoms with Crippen LogP contribution < -0.4 is 5.32 Å². The molecular formula is C14H13BrN2S. The summed E-state index contributed by atoms with van der Waals surface area (Å²) in [5, 5.41) is 12.0. The zero-order chi connectivity index (χ0) is 13.0. The van der Waals surface area contributed by atoms with Gasteiger partial charge in [-0.1, -0.05) is 12.1 Å². The minimum absolute atomic E-state index is 0.470. The molecule has 0 atom stereocenters. The lowest BCUT2D eigenvalue weighted by molar-refractivity contribution is 1.18. The van der Waals surface area contributed by atoms with E-state index in [2.05, 4.69) is 40.3 Å². The predicted molar refractivity (Wildman–Crippen MR) is 79.8 cm³/mol. The van der Waals surface area contributed by atoms with E-state index in [4.69, 9.17) is 5.26 Å². The number of nitrogens with one attached hydrogen (secondary N) is 1. The van der Waals surface area contributed by atoms with Gasteiger partial charge in [-0.15, -0.1) is 11.3 Å². The molecule has 0 aliphatic heterocycles. The van der Waals surface area contributed by atoms with E-state index in [0.717, 1.165) is 17.8 Å². The molecule has 0 bridgehead atoms. The van der Waals surface area contributed by atoms with Gasteiger partial charge in [-0.25, -0.2) is 0 Å². The van der Waals surface area contributed by atoms with Crippen molar-refractivity contribution in [3.63, 3.8) is 0 Å². The number of aryl methyl sites for hydroxylation is 1. The van der Waals surface area contributed by atoms with Crippen molar-refractivity contribution in [3.8, 4) is 6.07 Å². The van der Waals surface area contributed by atoms with Gasteiger partial charge in [0.1, 0.15) is 0 Å². The molecule has 0 saturated carbocycles. The second kappa shape index (κ2) is 6.03. The van der Waals surface area contributed by atoms with Gasteiger partial charge in [-0.2, -0.15) is 5.26 Å². The largest absolute Gasteiger partial charge is 0.380 e. The van der Waals surface area contributed by atoms with Crippen molar-refractivity contribution < 1.29 is 0 Å². The molecule has 0 aliphatic carbocycles. The van der Waals surface area contributed by atoms with Crippen LogP contribution in [0.15, 0.2) is 34.8 Å². The molecule has 18 heavy (non-hydrogen) atoms. The molecule has 1 heterocycles. The fourth-order valence-electron chi connectivity index (χ4n) is 1.63. The molecule has 0 amide bonds. The fourth-order valence-corrected chi connectivity index (χ4v) is 3.17. The average molecular weight is 321 g/mol. The van der Waals surface area contributed by atoms with Crippen LogP contribution in [0.2, 0.25) is 0 Å². The molecule has 0 spiro atoms. The van der Waals surface area contributed by atoms with Crippen LogP contribution in [0.1, 0.15) is 15.3 Å². The third-order valence-corrected chi connectivity index (χ3v) is 4.75. The van der Waals surface area contributed by atoms with E-state index in [-0.39, 0.29) is 0 Å². The van der Waals surface area contributed by atoms with Gasteiger partial charge in [0, 0.05) is 26.5 Å². The summed E-state index contributed by atoms with van der Waals surface area (Å²) in [6.45, 7) is 2.93. The molecular weight excluding hydrogens is 308 g/mol. The van der Waals surface area contributed by atoms with Crippen LogP contribution in [-0.4, -0.2) is 0 Å². The number of hydrogen-bond acceptors (Lipinski definition) is 3. The third kappa shape index (κ3) is 3.34. The number of anilines is 1. The van der Waals surface area contributed by atoms with Crippen LogP contribution >= 0.6 is 27.3 Å². The highest BCUT2D eigenvalue weighted by molar-refractivity contribution is 9.10. The summed E-state index contributed by atoms with van der Waals surface area (Å²) in [6.07, 6.45) is 0.470. The summed E-state index contributed by atoms with van der Waals surface area (Å²) >= 11 is 5.31. The van der Waals surface area contributed by atoms with E-state index >= 15 is 0 Å². The van der Waals surface area contributed by atoms with Crippen LogP contribution in [-0.2, 0) is 13.0 Å². The van der Waals surface area contributed by atoms with E-state index in [9.17, 15) is 0 Å². The predicted octanol–water partition coefficient (Wildman–Crippen LogP) is 4.50. The lowest BCUT2D eigenvalue weighted by atomic mass is 10.1. The summed E-state index contributed by atoms with van der Waals surface area (Å²) in [6, 6.07) is 12.3. The molecule has 0 radical (unpaired) electrons. The minimum atomic E-state index is 0.470. The van der Waals surface area contributed by atoms with Gasteiger partial charge in [-0.05, 0) is 46.6 Å². The van der Waals surface area contributed by atoms with Crippen molar-refractivity contribution in [2.45, 2.75) is 19.9 Å². The SMILES string of the molecule is Cc1sc(CNc2ccc(CC#N)cc2)cc1Br. The Morgan fingerprint density at radius 1 is 1.33 bits per heavy atom. The van der Waals surface area contributed by atoms with Crippen LogP contribution in [0.4, 0.5) is 5.69 Å². The summed E-state index contributed by atoms with van der Waals surface area (Å²) in [4.78, 5) is 2.61. The zero-order valence-corrected chi connectivity index (χ0v) is 12.4. The van der Waals surface area contributed by atoms with Crippen LogP contribution in [0.25, 0.3) is 0 Å². The van der Waals surface area contributed by atoms with E-state index in [1.54, 1.807) is 11.3 Å². The zero-order valence-electron chi connectivity index (χ0n) is 10.0. The third-order valence-electron chi connectivity index (χ3n) is 2.61. The molecule has 4 heteroatoms. The molecule has 1 N–H and O–H groups in total. The lowest BCUT2D eigenvalue weighted by Crippen LogP contribution is -1.97. The quantitative estimate of drug-likeness (QED) is 0.900. The van der Waals surface area contributed by atoms with Crippen LogP contribution in [0, 0.1) is 18.3 Å². The van der Waals surface area contributed by atoms with Crippen molar-refractivity contribution >= 4 is 33.0 Å². The first kappa shape index (κ1) is 13.1. The summed E-state index contributed by atoms with van der Waals surface area (Å²) in [7, 11) is 0. The molecule has 92 valence electrons. The Morgan fingerprint density at radius 2 is 2.06 bits per heavy atom. The number of nitriles is 1. The number of benzene rings is 1. The van der Waals surface area contributed by atoms with Crippen molar-refractivity contribution in [1.82, 2.24) is 0 Å². The highest BCUT2D eigenvalue weighted by Gasteiger charge is 2.02. The standard InChI is InChI=1S/C14H13BrN2S/c1-10-14(15)8-13(18-10)9-17-12-4-2-11(3-5-12)6-7-16/h2-5,8,17H,6,9H2,1H3. The number of nitrogens with zero attached hydrogens (tertiary/aromatic N) is 1. The lowest BCUT2D eigenvalue weighted by Gasteiger charge is -2.05. The Kier molecular flexibility index (Phi) is 4.40. The average Bonchev–Trinajstić information content (AvgIpc) is 2.68. The first-order chi connectivity index (χ1) is 8.69. The number of hydrogen-bond donors (Lipinski definition) is 1.